The Morgan fingerprint density at radius 1 is 1.05 bits per heavy atom. The molecule has 0 bridgehead atoms. The molecule has 1 rings (SSSR count). The van der Waals surface area contributed by atoms with E-state index in [1.807, 2.05) is 12.2 Å². The van der Waals surface area contributed by atoms with Crippen molar-refractivity contribution in [3.8, 4) is 0 Å². The number of unbranched alkanes of at least 4 members (excludes halogenated alkanes) is 2. The van der Waals surface area contributed by atoms with Crippen molar-refractivity contribution in [3.63, 3.8) is 0 Å². The molecule has 0 saturated carbocycles. The smallest absolute Gasteiger partial charge is 0 e. The molecular formula is C21H35Ir-2. The molecule has 130 valence electrons. The van der Waals surface area contributed by atoms with Crippen molar-refractivity contribution in [2.75, 3.05) is 0 Å². The normalized spacial score (nSPS) is 9.27. The molecule has 1 aromatic rings. The molecule has 0 heterocycles. The number of allylic oxidation sites excluding steroid dienone is 3. The second kappa shape index (κ2) is 16.8. The third-order valence-corrected chi connectivity index (χ3v) is 3.84. The Morgan fingerprint density at radius 3 is 1.59 bits per heavy atom. The second-order valence-electron chi connectivity index (χ2n) is 5.32. The summed E-state index contributed by atoms with van der Waals surface area (Å²) >= 11 is 0. The summed E-state index contributed by atoms with van der Waals surface area (Å²) in [4.78, 5) is 0. The van der Waals surface area contributed by atoms with Crippen LogP contribution in [0, 0.1) is 48.5 Å². The summed E-state index contributed by atoms with van der Waals surface area (Å²) < 4.78 is 0. The maximum absolute atomic E-state index is 3.60. The van der Waals surface area contributed by atoms with Gasteiger partial charge < -0.3 is 6.92 Å². The number of hydrogen-bond acceptors (Lipinski definition) is 0. The van der Waals surface area contributed by atoms with Crippen LogP contribution < -0.4 is 0 Å². The third-order valence-electron chi connectivity index (χ3n) is 3.84. The molecule has 1 heteroatoms. The van der Waals surface area contributed by atoms with Crippen LogP contribution in [0.4, 0.5) is 0 Å². The molecule has 1 aromatic carbocycles. The van der Waals surface area contributed by atoms with Gasteiger partial charge in [0.2, 0.25) is 0 Å². The van der Waals surface area contributed by atoms with Gasteiger partial charge in [-0.2, -0.15) is 34.2 Å². The zero-order valence-corrected chi connectivity index (χ0v) is 17.9. The van der Waals surface area contributed by atoms with E-state index in [9.17, 15) is 0 Å². The molecule has 0 amide bonds. The van der Waals surface area contributed by atoms with Crippen LogP contribution in [0.25, 0.3) is 0 Å². The first-order valence-corrected chi connectivity index (χ1v) is 7.92. The van der Waals surface area contributed by atoms with Crippen LogP contribution in [0.2, 0.25) is 0 Å². The van der Waals surface area contributed by atoms with Gasteiger partial charge in [-0.05, 0) is 13.3 Å². The standard InChI is InChI=1S/C10H15.C6H11.C5H9.Ir/c1-6-7(2)9(4)10(5)8(6)3;1-3-5-6-4-2;1-3-5-4-2;/h1-5H3;3,5H,1,4,6H2,2H3;3H,1-2,4-5H2;/q-1;;-1;/b;5-3+;;. The fraction of sp³-hybridized carbons (Fsp3) is 0.476. The summed E-state index contributed by atoms with van der Waals surface area (Å²) in [6.45, 7) is 23.8. The maximum Gasteiger partial charge on any atom is 0 e. The molecule has 22 heavy (non-hydrogen) atoms. The van der Waals surface area contributed by atoms with E-state index in [-0.39, 0.29) is 20.1 Å². The molecule has 0 aliphatic carbocycles. The van der Waals surface area contributed by atoms with Crippen molar-refractivity contribution in [1.29, 1.82) is 0 Å². The van der Waals surface area contributed by atoms with Gasteiger partial charge in [-0.25, -0.2) is 0 Å². The van der Waals surface area contributed by atoms with Crippen LogP contribution >= 0.6 is 0 Å². The Kier molecular flexibility index (Phi) is 20.2. The van der Waals surface area contributed by atoms with Crippen LogP contribution in [0.5, 0.6) is 0 Å². The molecule has 0 aliphatic rings. The fourth-order valence-corrected chi connectivity index (χ4v) is 1.84. The van der Waals surface area contributed by atoms with Gasteiger partial charge in [0.25, 0.3) is 0 Å². The quantitative estimate of drug-likeness (QED) is 0.325. The van der Waals surface area contributed by atoms with Crippen molar-refractivity contribution in [3.05, 3.63) is 66.5 Å². The van der Waals surface area contributed by atoms with Crippen LogP contribution in [0.1, 0.15) is 60.4 Å². The third kappa shape index (κ3) is 11.1. The average Bonchev–Trinajstić information content (AvgIpc) is 2.65. The molecule has 0 fully saturated rings. The predicted molar refractivity (Wildman–Crippen MR) is 99.9 cm³/mol. The molecule has 0 atom stereocenters. The van der Waals surface area contributed by atoms with E-state index in [1.165, 1.54) is 40.7 Å². The van der Waals surface area contributed by atoms with Gasteiger partial charge in [0.1, 0.15) is 0 Å². The Morgan fingerprint density at radius 2 is 1.50 bits per heavy atom. The Bertz CT molecular complexity index is 328. The zero-order chi connectivity index (χ0) is 16.8. The van der Waals surface area contributed by atoms with E-state index in [0.717, 1.165) is 12.8 Å². The largest absolute Gasteiger partial charge is 0.343 e. The summed E-state index contributed by atoms with van der Waals surface area (Å²) in [6, 6.07) is 0. The molecular weight excluding hydrogens is 444 g/mol. The molecule has 0 aromatic heterocycles. The minimum absolute atomic E-state index is 0. The summed E-state index contributed by atoms with van der Waals surface area (Å²) in [5, 5.41) is 0. The van der Waals surface area contributed by atoms with E-state index in [0.29, 0.717) is 0 Å². The first-order chi connectivity index (χ1) is 9.88. The van der Waals surface area contributed by atoms with Gasteiger partial charge in [0.15, 0.2) is 0 Å². The summed E-state index contributed by atoms with van der Waals surface area (Å²) in [5.74, 6) is 0. The summed E-state index contributed by atoms with van der Waals surface area (Å²) in [7, 11) is 0. The van der Waals surface area contributed by atoms with E-state index < -0.39 is 0 Å². The van der Waals surface area contributed by atoms with Crippen molar-refractivity contribution in [2.24, 2.45) is 0 Å². The summed E-state index contributed by atoms with van der Waals surface area (Å²) in [6.07, 6.45) is 10.2. The van der Waals surface area contributed by atoms with Gasteiger partial charge >= 0.3 is 0 Å². The second-order valence-corrected chi connectivity index (χ2v) is 5.32. The molecule has 0 aliphatic heterocycles. The number of rotatable bonds is 4. The first kappa shape index (κ1) is 26.4. The van der Waals surface area contributed by atoms with Gasteiger partial charge in [-0.1, -0.05) is 72.6 Å². The van der Waals surface area contributed by atoms with Crippen molar-refractivity contribution >= 4 is 0 Å². The molecule has 2 radical (unpaired) electrons. The topological polar surface area (TPSA) is 0 Å². The average molecular weight is 480 g/mol. The molecule has 0 unspecified atom stereocenters. The molecule has 0 saturated heterocycles. The Hall–Kier alpha value is -0.521. The van der Waals surface area contributed by atoms with Crippen LogP contribution in [0.3, 0.4) is 0 Å². The fourth-order valence-electron chi connectivity index (χ4n) is 1.84. The molecule has 0 nitrogen and oxygen atoms in total. The van der Waals surface area contributed by atoms with Gasteiger partial charge in [0, 0.05) is 20.1 Å². The minimum atomic E-state index is 0. The van der Waals surface area contributed by atoms with E-state index >= 15 is 0 Å². The maximum atomic E-state index is 3.60. The SMILES string of the molecule is C=CCC[CH2-].Cc1c(C)c(C)[c-](C)c1C.[CH2]/C=C/CCC.[Ir]. The number of hydrogen-bond donors (Lipinski definition) is 0. The van der Waals surface area contributed by atoms with E-state index in [4.69, 9.17) is 0 Å². The van der Waals surface area contributed by atoms with Crippen LogP contribution in [-0.2, 0) is 20.1 Å². The zero-order valence-electron chi connectivity index (χ0n) is 15.5. The van der Waals surface area contributed by atoms with E-state index in [2.05, 4.69) is 68.0 Å². The monoisotopic (exact) mass is 480 g/mol. The first-order valence-electron chi connectivity index (χ1n) is 7.92. The van der Waals surface area contributed by atoms with Crippen molar-refractivity contribution in [2.45, 2.75) is 67.2 Å². The van der Waals surface area contributed by atoms with Gasteiger partial charge in [-0.15, -0.1) is 6.58 Å². The summed E-state index contributed by atoms with van der Waals surface area (Å²) in [5.41, 5.74) is 7.34. The Balaban J connectivity index is -0.000000262. The van der Waals surface area contributed by atoms with Crippen molar-refractivity contribution < 1.29 is 20.1 Å². The van der Waals surface area contributed by atoms with Crippen molar-refractivity contribution in [1.82, 2.24) is 0 Å². The predicted octanol–water partition coefficient (Wildman–Crippen LogP) is 6.91. The molecule has 0 N–H and O–H groups in total. The van der Waals surface area contributed by atoms with Gasteiger partial charge in [0.05, 0.1) is 0 Å². The van der Waals surface area contributed by atoms with Gasteiger partial charge in [-0.3, -0.25) is 0 Å². The molecule has 0 spiro atoms. The van der Waals surface area contributed by atoms with Crippen LogP contribution in [0.15, 0.2) is 24.8 Å². The van der Waals surface area contributed by atoms with Crippen LogP contribution in [-0.4, -0.2) is 0 Å². The Labute approximate surface area is 153 Å². The minimum Gasteiger partial charge on any atom is -0.343 e. The van der Waals surface area contributed by atoms with E-state index in [1.54, 1.807) is 0 Å².